The van der Waals surface area contributed by atoms with Crippen molar-refractivity contribution in [1.29, 1.82) is 0 Å². The van der Waals surface area contributed by atoms with Crippen molar-refractivity contribution in [2.75, 3.05) is 33.2 Å². The molecule has 0 aromatic heterocycles. The molecule has 0 spiro atoms. The van der Waals surface area contributed by atoms with Crippen molar-refractivity contribution < 1.29 is 31.1 Å². The van der Waals surface area contributed by atoms with E-state index in [-0.39, 0.29) is 36.8 Å². The molecular weight excluding hydrogens is 603 g/mol. The molecule has 2 aromatic rings. The number of aryl methyl sites for hydroxylation is 1. The van der Waals surface area contributed by atoms with Gasteiger partial charge in [-0.15, -0.1) is 24.8 Å². The highest BCUT2D eigenvalue weighted by Crippen LogP contribution is 2.38. The number of nitrogens with one attached hydrogen (secondary N) is 1. The molecule has 2 aliphatic heterocycles. The Morgan fingerprint density at radius 3 is 2.05 bits per heavy atom. The molecule has 13 heteroatoms. The third kappa shape index (κ3) is 7.76. The molecule has 0 saturated carbocycles. The van der Waals surface area contributed by atoms with E-state index in [9.17, 15) is 31.1 Å². The van der Waals surface area contributed by atoms with Gasteiger partial charge in [-0.25, -0.2) is 0 Å². The smallest absolute Gasteiger partial charge is 0.338 e. The molecule has 1 amide bonds. The van der Waals surface area contributed by atoms with Gasteiger partial charge in [-0.3, -0.25) is 9.69 Å². The Hall–Kier alpha value is -1.72. The predicted molar refractivity (Wildman–Crippen MR) is 148 cm³/mol. The highest BCUT2D eigenvalue weighted by molar-refractivity contribution is 6.31. The highest BCUT2D eigenvalue weighted by atomic mass is 35.5. The van der Waals surface area contributed by atoms with E-state index < -0.39 is 41.0 Å². The maximum Gasteiger partial charge on any atom is 0.416 e. The standard InChI is InChI=1S/C27H30ClF6N3O.2ClH/c1-16-3-4-17(13-23(16)28)22-15-37(21-5-8-35-9-6-21)10-7-24(22)36(2)25(38)18-11-19(26(29,30)31)14-20(12-18)27(32,33)34;;/h3-4,11-14,21-22,24,35H,5-10,15H2,1-2H3;2*1H. The first-order valence-corrected chi connectivity index (χ1v) is 12.9. The van der Waals surface area contributed by atoms with Crippen LogP contribution >= 0.6 is 36.4 Å². The molecule has 224 valence electrons. The first-order valence-electron chi connectivity index (χ1n) is 12.5. The quantitative estimate of drug-likeness (QED) is 0.361. The normalized spacial score (nSPS) is 20.8. The van der Waals surface area contributed by atoms with Crippen LogP contribution in [0.25, 0.3) is 0 Å². The van der Waals surface area contributed by atoms with Gasteiger partial charge in [0.1, 0.15) is 0 Å². The average molecular weight is 635 g/mol. The summed E-state index contributed by atoms with van der Waals surface area (Å²) in [7, 11) is 1.45. The van der Waals surface area contributed by atoms with Gasteiger partial charge in [0.25, 0.3) is 5.91 Å². The molecular formula is C27H32Cl3F6N3O. The van der Waals surface area contributed by atoms with Crippen LogP contribution in [0.3, 0.4) is 0 Å². The van der Waals surface area contributed by atoms with E-state index in [4.69, 9.17) is 11.6 Å². The molecule has 1 N–H and O–H groups in total. The van der Waals surface area contributed by atoms with Crippen LogP contribution in [0.5, 0.6) is 0 Å². The maximum absolute atomic E-state index is 13.4. The summed E-state index contributed by atoms with van der Waals surface area (Å²) < 4.78 is 80.5. The van der Waals surface area contributed by atoms with Gasteiger partial charge in [0.15, 0.2) is 0 Å². The second kappa shape index (κ2) is 13.5. The topological polar surface area (TPSA) is 35.6 Å². The van der Waals surface area contributed by atoms with E-state index in [0.717, 1.165) is 37.1 Å². The van der Waals surface area contributed by atoms with Crippen LogP contribution in [0, 0.1) is 6.92 Å². The number of likely N-dealkylation sites (N-methyl/N-ethyl adjacent to an activating group) is 1. The molecule has 0 radical (unpaired) electrons. The van der Waals surface area contributed by atoms with Gasteiger partial charge in [0.05, 0.1) is 11.1 Å². The molecule has 2 fully saturated rings. The lowest BCUT2D eigenvalue weighted by Crippen LogP contribution is -2.54. The van der Waals surface area contributed by atoms with Crippen molar-refractivity contribution in [1.82, 2.24) is 15.1 Å². The zero-order valence-electron chi connectivity index (χ0n) is 21.9. The highest BCUT2D eigenvalue weighted by Gasteiger charge is 2.40. The van der Waals surface area contributed by atoms with Crippen molar-refractivity contribution in [3.05, 3.63) is 69.2 Å². The lowest BCUT2D eigenvalue weighted by Gasteiger charge is -2.46. The number of rotatable bonds is 4. The van der Waals surface area contributed by atoms with Crippen molar-refractivity contribution in [2.24, 2.45) is 0 Å². The number of amides is 1. The number of likely N-dealkylation sites (tertiary alicyclic amines) is 1. The SMILES string of the molecule is Cc1ccc(C2CN(C3CCNCC3)CCC2N(C)C(=O)c2cc(C(F)(F)F)cc(C(F)(F)F)c2)cc1Cl.Cl.Cl. The first kappa shape index (κ1) is 34.5. The number of carbonyl (C=O) groups is 1. The second-order valence-corrected chi connectivity index (χ2v) is 10.6. The number of benzene rings is 2. The van der Waals surface area contributed by atoms with E-state index in [1.54, 1.807) is 0 Å². The molecule has 2 saturated heterocycles. The predicted octanol–water partition coefficient (Wildman–Crippen LogP) is 7.21. The van der Waals surface area contributed by atoms with Crippen LogP contribution in [0.4, 0.5) is 26.3 Å². The third-order valence-electron chi connectivity index (χ3n) is 7.71. The molecule has 4 nitrogen and oxygen atoms in total. The number of alkyl halides is 6. The van der Waals surface area contributed by atoms with Crippen LogP contribution in [0.1, 0.15) is 57.8 Å². The summed E-state index contributed by atoms with van der Waals surface area (Å²) in [6.07, 6.45) is -7.59. The van der Waals surface area contributed by atoms with Crippen LogP contribution in [-0.4, -0.2) is 61.0 Å². The minimum Gasteiger partial charge on any atom is -0.338 e. The molecule has 2 unspecified atom stereocenters. The number of hydrogen-bond acceptors (Lipinski definition) is 3. The van der Waals surface area contributed by atoms with Gasteiger partial charge in [0.2, 0.25) is 0 Å². The Bertz CT molecular complexity index is 1140. The number of piperidine rings is 2. The van der Waals surface area contributed by atoms with Gasteiger partial charge < -0.3 is 10.2 Å². The Balaban J connectivity index is 0.00000280. The van der Waals surface area contributed by atoms with Crippen molar-refractivity contribution in [3.8, 4) is 0 Å². The van der Waals surface area contributed by atoms with E-state index in [2.05, 4.69) is 10.2 Å². The van der Waals surface area contributed by atoms with E-state index in [1.807, 2.05) is 25.1 Å². The minimum absolute atomic E-state index is 0. The minimum atomic E-state index is -5.03. The van der Waals surface area contributed by atoms with Crippen LogP contribution in [0.2, 0.25) is 5.02 Å². The number of halogens is 9. The average Bonchev–Trinajstić information content (AvgIpc) is 2.88. The Kier molecular flexibility index (Phi) is 11.6. The van der Waals surface area contributed by atoms with Crippen molar-refractivity contribution in [3.63, 3.8) is 0 Å². The molecule has 2 heterocycles. The third-order valence-corrected chi connectivity index (χ3v) is 8.12. The lowest BCUT2D eigenvalue weighted by atomic mass is 9.83. The number of nitrogens with zero attached hydrogens (tertiary/aromatic N) is 2. The number of hydrogen-bond donors (Lipinski definition) is 1. The molecule has 2 atom stereocenters. The van der Waals surface area contributed by atoms with E-state index in [0.29, 0.717) is 42.7 Å². The van der Waals surface area contributed by atoms with Crippen LogP contribution in [0.15, 0.2) is 36.4 Å². The Morgan fingerprint density at radius 2 is 1.52 bits per heavy atom. The van der Waals surface area contributed by atoms with Crippen molar-refractivity contribution >= 4 is 42.3 Å². The molecule has 2 aliphatic rings. The van der Waals surface area contributed by atoms with Crippen LogP contribution in [-0.2, 0) is 12.4 Å². The summed E-state index contributed by atoms with van der Waals surface area (Å²) in [5, 5.41) is 3.90. The summed E-state index contributed by atoms with van der Waals surface area (Å²) >= 11 is 6.41. The first-order chi connectivity index (χ1) is 17.8. The lowest BCUT2D eigenvalue weighted by molar-refractivity contribution is -0.143. The van der Waals surface area contributed by atoms with Crippen LogP contribution < -0.4 is 5.32 Å². The molecule has 0 aliphatic carbocycles. The summed E-state index contributed by atoms with van der Waals surface area (Å²) in [4.78, 5) is 17.1. The molecule has 2 aromatic carbocycles. The maximum atomic E-state index is 13.4. The Labute approximate surface area is 247 Å². The van der Waals surface area contributed by atoms with E-state index in [1.165, 1.54) is 11.9 Å². The molecule has 4 rings (SSSR count). The second-order valence-electron chi connectivity index (χ2n) is 10.2. The summed E-state index contributed by atoms with van der Waals surface area (Å²) in [5.74, 6) is -1.11. The zero-order chi connectivity index (χ0) is 27.8. The largest absolute Gasteiger partial charge is 0.416 e. The molecule has 40 heavy (non-hydrogen) atoms. The summed E-state index contributed by atoms with van der Waals surface area (Å²) in [6, 6.07) is 6.59. The number of carbonyl (C=O) groups excluding carboxylic acids is 1. The summed E-state index contributed by atoms with van der Waals surface area (Å²) in [5.41, 5.74) is -1.90. The van der Waals surface area contributed by atoms with Crippen molar-refractivity contribution in [2.45, 2.75) is 56.5 Å². The fraction of sp³-hybridized carbons (Fsp3) is 0.519. The monoisotopic (exact) mass is 633 g/mol. The van der Waals surface area contributed by atoms with Gasteiger partial charge in [-0.2, -0.15) is 26.3 Å². The molecule has 0 bridgehead atoms. The Morgan fingerprint density at radius 1 is 0.950 bits per heavy atom. The van der Waals surface area contributed by atoms with Gasteiger partial charge in [-0.1, -0.05) is 23.7 Å². The fourth-order valence-electron chi connectivity index (χ4n) is 5.53. The zero-order valence-corrected chi connectivity index (χ0v) is 24.3. The van der Waals surface area contributed by atoms with Gasteiger partial charge in [-0.05, 0) is 74.7 Å². The van der Waals surface area contributed by atoms with E-state index >= 15 is 0 Å². The summed E-state index contributed by atoms with van der Waals surface area (Å²) in [6.45, 7) is 4.94. The van der Waals surface area contributed by atoms with Gasteiger partial charge >= 0.3 is 12.4 Å². The fourth-order valence-corrected chi connectivity index (χ4v) is 5.72. The van der Waals surface area contributed by atoms with Gasteiger partial charge in [0, 0.05) is 48.7 Å².